The van der Waals surface area contributed by atoms with Crippen LogP contribution in [-0.2, 0) is 5.54 Å². The van der Waals surface area contributed by atoms with E-state index in [2.05, 4.69) is 41.4 Å². The largest absolute Gasteiger partial charge is 0.319 e. The summed E-state index contributed by atoms with van der Waals surface area (Å²) < 4.78 is 0. The van der Waals surface area contributed by atoms with E-state index in [1.165, 1.54) is 6.42 Å². The molecule has 1 saturated carbocycles. The zero-order chi connectivity index (χ0) is 11.1. The smallest absolute Gasteiger partial charge is 0.194 e. The van der Waals surface area contributed by atoms with E-state index >= 15 is 0 Å². The Hall–Kier alpha value is -0.970. The molecule has 1 aliphatic rings. The van der Waals surface area contributed by atoms with Gasteiger partial charge in [-0.1, -0.05) is 26.0 Å². The summed E-state index contributed by atoms with van der Waals surface area (Å²) in [6.45, 7) is 6.75. The van der Waals surface area contributed by atoms with Crippen LogP contribution in [0.1, 0.15) is 45.9 Å². The highest BCUT2D eigenvalue weighted by atomic mass is 15.5. The van der Waals surface area contributed by atoms with E-state index in [1.807, 2.05) is 0 Å². The first-order valence-corrected chi connectivity index (χ1v) is 5.44. The third-order valence-electron chi connectivity index (χ3n) is 3.20. The number of nitrogens with one attached hydrogen (secondary N) is 1. The normalized spacial score (nSPS) is 35.3. The Morgan fingerprint density at radius 3 is 2.67 bits per heavy atom. The van der Waals surface area contributed by atoms with Crippen LogP contribution in [-0.4, -0.2) is 20.6 Å². The van der Waals surface area contributed by atoms with Gasteiger partial charge in [0.1, 0.15) is 0 Å². The fraction of sp³-hybridized carbons (Fsp3) is 0.900. The van der Waals surface area contributed by atoms with Gasteiger partial charge in [0, 0.05) is 0 Å². The number of hydrogen-bond donors (Lipinski definition) is 2. The second-order valence-electron chi connectivity index (χ2n) is 5.75. The fourth-order valence-electron chi connectivity index (χ4n) is 3.18. The number of nitrogens with two attached hydrogens (primary N) is 1. The molecule has 0 aliphatic heterocycles. The predicted molar refractivity (Wildman–Crippen MR) is 56.8 cm³/mol. The van der Waals surface area contributed by atoms with Crippen molar-refractivity contribution in [3.63, 3.8) is 0 Å². The second kappa shape index (κ2) is 3.27. The molecule has 5 nitrogen and oxygen atoms in total. The topological polar surface area (TPSA) is 80.5 Å². The first-order chi connectivity index (χ1) is 6.91. The van der Waals surface area contributed by atoms with Crippen molar-refractivity contribution in [1.29, 1.82) is 0 Å². The average molecular weight is 209 g/mol. The second-order valence-corrected chi connectivity index (χ2v) is 5.75. The van der Waals surface area contributed by atoms with Gasteiger partial charge in [0.2, 0.25) is 0 Å². The van der Waals surface area contributed by atoms with Crippen LogP contribution in [0.3, 0.4) is 0 Å². The Kier molecular flexibility index (Phi) is 2.30. The summed E-state index contributed by atoms with van der Waals surface area (Å²) in [5.41, 5.74) is 6.25. The summed E-state index contributed by atoms with van der Waals surface area (Å²) in [4.78, 5) is 0. The predicted octanol–water partition coefficient (Wildman–Crippen LogP) is 1.20. The zero-order valence-electron chi connectivity index (χ0n) is 9.62. The van der Waals surface area contributed by atoms with Crippen LogP contribution in [0.25, 0.3) is 0 Å². The van der Waals surface area contributed by atoms with Crippen molar-refractivity contribution in [2.24, 2.45) is 17.1 Å². The lowest BCUT2D eigenvalue weighted by Gasteiger charge is -2.43. The van der Waals surface area contributed by atoms with Gasteiger partial charge in [0.25, 0.3) is 0 Å². The van der Waals surface area contributed by atoms with Crippen molar-refractivity contribution in [2.75, 3.05) is 0 Å². The van der Waals surface area contributed by atoms with Crippen molar-refractivity contribution in [1.82, 2.24) is 20.6 Å². The number of tetrazole rings is 1. The highest BCUT2D eigenvalue weighted by Gasteiger charge is 2.43. The van der Waals surface area contributed by atoms with E-state index in [4.69, 9.17) is 5.73 Å². The molecule has 0 bridgehead atoms. The van der Waals surface area contributed by atoms with Crippen molar-refractivity contribution in [3.05, 3.63) is 5.82 Å². The van der Waals surface area contributed by atoms with Gasteiger partial charge in [0.15, 0.2) is 5.82 Å². The summed E-state index contributed by atoms with van der Waals surface area (Å²) in [6.07, 6.45) is 3.07. The minimum atomic E-state index is -0.409. The molecule has 84 valence electrons. The maximum Gasteiger partial charge on any atom is 0.194 e. The summed E-state index contributed by atoms with van der Waals surface area (Å²) in [6, 6.07) is 0. The molecule has 2 atom stereocenters. The molecular weight excluding hydrogens is 190 g/mol. The molecule has 3 N–H and O–H groups in total. The molecule has 0 radical (unpaired) electrons. The molecule has 0 aromatic carbocycles. The first kappa shape index (κ1) is 10.5. The Bertz CT molecular complexity index is 332. The summed E-state index contributed by atoms with van der Waals surface area (Å²) >= 11 is 0. The van der Waals surface area contributed by atoms with Gasteiger partial charge in [0.05, 0.1) is 5.54 Å². The quantitative estimate of drug-likeness (QED) is 0.728. The van der Waals surface area contributed by atoms with Crippen LogP contribution >= 0.6 is 0 Å². The first-order valence-electron chi connectivity index (χ1n) is 5.44. The van der Waals surface area contributed by atoms with Crippen molar-refractivity contribution >= 4 is 0 Å². The molecule has 0 spiro atoms. The molecule has 1 heterocycles. The van der Waals surface area contributed by atoms with Crippen LogP contribution < -0.4 is 5.73 Å². The molecule has 1 aromatic rings. The summed E-state index contributed by atoms with van der Waals surface area (Å²) in [7, 11) is 0. The van der Waals surface area contributed by atoms with Gasteiger partial charge < -0.3 is 5.73 Å². The van der Waals surface area contributed by atoms with Crippen molar-refractivity contribution < 1.29 is 0 Å². The van der Waals surface area contributed by atoms with Crippen LogP contribution in [0.15, 0.2) is 0 Å². The lowest BCUT2D eigenvalue weighted by atomic mass is 9.64. The number of hydrogen-bond acceptors (Lipinski definition) is 4. The number of nitrogens with zero attached hydrogens (tertiary/aromatic N) is 3. The van der Waals surface area contributed by atoms with Crippen molar-refractivity contribution in [2.45, 2.75) is 45.6 Å². The van der Waals surface area contributed by atoms with Gasteiger partial charge in [-0.25, -0.2) is 0 Å². The zero-order valence-corrected chi connectivity index (χ0v) is 9.62. The third kappa shape index (κ3) is 2.02. The highest BCUT2D eigenvalue weighted by molar-refractivity contribution is 5.07. The van der Waals surface area contributed by atoms with E-state index < -0.39 is 5.54 Å². The summed E-state index contributed by atoms with van der Waals surface area (Å²) in [5.74, 6) is 1.26. The van der Waals surface area contributed by atoms with Crippen molar-refractivity contribution in [3.8, 4) is 0 Å². The van der Waals surface area contributed by atoms with Crippen LogP contribution in [0, 0.1) is 11.3 Å². The minimum Gasteiger partial charge on any atom is -0.319 e. The molecule has 15 heavy (non-hydrogen) atoms. The van der Waals surface area contributed by atoms with E-state index in [-0.39, 0.29) is 5.41 Å². The highest BCUT2D eigenvalue weighted by Crippen LogP contribution is 2.46. The lowest BCUT2D eigenvalue weighted by Crippen LogP contribution is -2.47. The molecule has 0 amide bonds. The molecule has 5 heteroatoms. The Balaban J connectivity index is 2.28. The molecule has 1 aliphatic carbocycles. The van der Waals surface area contributed by atoms with Crippen LogP contribution in [0.2, 0.25) is 0 Å². The summed E-state index contributed by atoms with van der Waals surface area (Å²) in [5, 5.41) is 14.2. The van der Waals surface area contributed by atoms with Gasteiger partial charge in [-0.2, -0.15) is 5.21 Å². The molecule has 2 rings (SSSR count). The number of aromatic amines is 1. The van der Waals surface area contributed by atoms with Gasteiger partial charge >= 0.3 is 0 Å². The fourth-order valence-corrected chi connectivity index (χ4v) is 3.18. The van der Waals surface area contributed by atoms with E-state index in [0.717, 1.165) is 12.8 Å². The molecule has 1 fully saturated rings. The van der Waals surface area contributed by atoms with E-state index in [9.17, 15) is 0 Å². The lowest BCUT2D eigenvalue weighted by molar-refractivity contribution is 0.102. The van der Waals surface area contributed by atoms with Crippen LogP contribution in [0.5, 0.6) is 0 Å². The SMILES string of the molecule is CC1CC(C)(C)CC(N)(c2nn[nH]n2)C1. The average Bonchev–Trinajstić information content (AvgIpc) is 2.49. The maximum absolute atomic E-state index is 6.41. The molecular formula is C10H19N5. The van der Waals surface area contributed by atoms with Crippen LogP contribution in [0.4, 0.5) is 0 Å². The minimum absolute atomic E-state index is 0.257. The number of aromatic nitrogens is 4. The molecule has 1 aromatic heterocycles. The Morgan fingerprint density at radius 2 is 2.13 bits per heavy atom. The van der Waals surface area contributed by atoms with E-state index in [0.29, 0.717) is 11.7 Å². The number of rotatable bonds is 1. The Labute approximate surface area is 89.8 Å². The monoisotopic (exact) mass is 209 g/mol. The van der Waals surface area contributed by atoms with Gasteiger partial charge in [-0.3, -0.25) is 0 Å². The third-order valence-corrected chi connectivity index (χ3v) is 3.20. The maximum atomic E-state index is 6.41. The van der Waals surface area contributed by atoms with Gasteiger partial charge in [-0.05, 0) is 30.6 Å². The van der Waals surface area contributed by atoms with E-state index in [1.54, 1.807) is 0 Å². The molecule has 0 saturated heterocycles. The standard InChI is InChI=1S/C10H19N5/c1-7-4-9(2,3)6-10(11,5-7)8-12-14-15-13-8/h7H,4-6,11H2,1-3H3,(H,12,13,14,15). The molecule has 2 unspecified atom stereocenters. The number of H-pyrrole nitrogens is 1. The Morgan fingerprint density at radius 1 is 1.40 bits per heavy atom. The van der Waals surface area contributed by atoms with Gasteiger partial charge in [-0.15, -0.1) is 10.2 Å².